The average Bonchev–Trinajstić information content (AvgIpc) is 2.66. The Labute approximate surface area is 109 Å². The summed E-state index contributed by atoms with van der Waals surface area (Å²) in [5, 5.41) is 0. The van der Waals surface area contributed by atoms with Gasteiger partial charge in [-0.3, -0.25) is 0 Å². The fourth-order valence-corrected chi connectivity index (χ4v) is 3.57. The van der Waals surface area contributed by atoms with Crippen molar-refractivity contribution >= 4 is 0 Å². The summed E-state index contributed by atoms with van der Waals surface area (Å²) < 4.78 is 0. The molecular weight excluding hydrogens is 204 g/mol. The van der Waals surface area contributed by atoms with Crippen molar-refractivity contribution in [2.45, 2.75) is 67.2 Å². The van der Waals surface area contributed by atoms with Crippen LogP contribution in [0.1, 0.15) is 67.2 Å². The van der Waals surface area contributed by atoms with E-state index in [9.17, 15) is 0 Å². The molecule has 0 spiro atoms. The predicted octanol–water partition coefficient (Wildman–Crippen LogP) is 5.69. The molecule has 0 bridgehead atoms. The molecule has 1 saturated carbocycles. The van der Waals surface area contributed by atoms with E-state index in [0.717, 1.165) is 23.7 Å². The maximum atomic E-state index is 4.02. The summed E-state index contributed by atoms with van der Waals surface area (Å²) in [4.78, 5) is 0. The second-order valence-electron chi connectivity index (χ2n) is 7.23. The van der Waals surface area contributed by atoms with Gasteiger partial charge < -0.3 is 0 Å². The Bertz CT molecular complexity index is 255. The molecule has 0 aromatic heterocycles. The number of hydrogen-bond donors (Lipinski definition) is 0. The maximum absolute atomic E-state index is 4.02. The average molecular weight is 236 g/mol. The summed E-state index contributed by atoms with van der Waals surface area (Å²) in [5.74, 6) is 3.58. The molecule has 0 aliphatic heterocycles. The van der Waals surface area contributed by atoms with Crippen LogP contribution in [0.3, 0.4) is 0 Å². The Morgan fingerprint density at radius 3 is 2.12 bits per heavy atom. The third-order valence-electron chi connectivity index (χ3n) is 5.40. The molecular formula is C17H32. The van der Waals surface area contributed by atoms with E-state index in [2.05, 4.69) is 48.1 Å². The number of rotatable bonds is 7. The lowest BCUT2D eigenvalue weighted by atomic mass is 9.86. The zero-order valence-corrected chi connectivity index (χ0v) is 12.8. The van der Waals surface area contributed by atoms with Crippen LogP contribution in [0.15, 0.2) is 12.2 Å². The summed E-state index contributed by atoms with van der Waals surface area (Å²) in [6, 6.07) is 0. The molecule has 0 aromatic carbocycles. The van der Waals surface area contributed by atoms with Gasteiger partial charge in [-0.2, -0.15) is 0 Å². The van der Waals surface area contributed by atoms with Gasteiger partial charge in [0.15, 0.2) is 0 Å². The largest absolute Gasteiger partial charge is 0.100 e. The molecule has 4 atom stereocenters. The molecule has 0 saturated heterocycles. The lowest BCUT2D eigenvalue weighted by Crippen LogP contribution is -2.07. The first-order chi connectivity index (χ1) is 7.77. The quantitative estimate of drug-likeness (QED) is 0.498. The minimum absolute atomic E-state index is 0.659. The highest BCUT2D eigenvalue weighted by molar-refractivity contribution is 5.02. The molecule has 17 heavy (non-hydrogen) atoms. The van der Waals surface area contributed by atoms with Crippen LogP contribution in [0.25, 0.3) is 0 Å². The van der Waals surface area contributed by atoms with Gasteiger partial charge in [0.05, 0.1) is 0 Å². The van der Waals surface area contributed by atoms with Gasteiger partial charge in [0.25, 0.3) is 0 Å². The van der Waals surface area contributed by atoms with Crippen molar-refractivity contribution in [3.8, 4) is 0 Å². The van der Waals surface area contributed by atoms with Crippen molar-refractivity contribution in [3.05, 3.63) is 12.2 Å². The van der Waals surface area contributed by atoms with E-state index in [1.807, 2.05) is 0 Å². The maximum Gasteiger partial charge on any atom is -0.0269 e. The molecule has 0 amide bonds. The Hall–Kier alpha value is -0.260. The summed E-state index contributed by atoms with van der Waals surface area (Å²) >= 11 is 0. The van der Waals surface area contributed by atoms with E-state index in [1.54, 1.807) is 0 Å². The third-order valence-corrected chi connectivity index (χ3v) is 5.40. The fraction of sp³-hybridized carbons (Fsp3) is 0.882. The molecule has 1 aliphatic carbocycles. The monoisotopic (exact) mass is 236 g/mol. The van der Waals surface area contributed by atoms with Crippen molar-refractivity contribution in [3.63, 3.8) is 0 Å². The Kier molecular flexibility index (Phi) is 4.86. The van der Waals surface area contributed by atoms with E-state index in [-0.39, 0.29) is 0 Å². The van der Waals surface area contributed by atoms with E-state index in [4.69, 9.17) is 0 Å². The van der Waals surface area contributed by atoms with Gasteiger partial charge in [0.1, 0.15) is 0 Å². The van der Waals surface area contributed by atoms with Gasteiger partial charge in [0.2, 0.25) is 0 Å². The number of hydrogen-bond acceptors (Lipinski definition) is 0. The van der Waals surface area contributed by atoms with Crippen molar-refractivity contribution in [1.29, 1.82) is 0 Å². The molecule has 1 aliphatic rings. The van der Waals surface area contributed by atoms with E-state index < -0.39 is 0 Å². The SMILES string of the molecule is C=C(C)CC(C)CC(C)CCC1(C)C(C)C1C. The van der Waals surface area contributed by atoms with Gasteiger partial charge in [-0.25, -0.2) is 0 Å². The highest BCUT2D eigenvalue weighted by atomic mass is 14.6. The zero-order chi connectivity index (χ0) is 13.2. The van der Waals surface area contributed by atoms with Crippen LogP contribution in [0.2, 0.25) is 0 Å². The lowest BCUT2D eigenvalue weighted by Gasteiger charge is -2.19. The van der Waals surface area contributed by atoms with Crippen LogP contribution in [0.4, 0.5) is 0 Å². The molecule has 4 unspecified atom stereocenters. The first-order valence-corrected chi connectivity index (χ1v) is 7.41. The molecule has 0 heterocycles. The van der Waals surface area contributed by atoms with Crippen molar-refractivity contribution in [2.24, 2.45) is 29.1 Å². The van der Waals surface area contributed by atoms with Crippen molar-refractivity contribution in [1.82, 2.24) is 0 Å². The lowest BCUT2D eigenvalue weighted by molar-refractivity contribution is 0.335. The summed E-state index contributed by atoms with van der Waals surface area (Å²) in [6.45, 7) is 18.3. The highest BCUT2D eigenvalue weighted by Gasteiger charge is 2.54. The molecule has 1 fully saturated rings. The van der Waals surface area contributed by atoms with Crippen LogP contribution in [-0.2, 0) is 0 Å². The Morgan fingerprint density at radius 2 is 1.71 bits per heavy atom. The summed E-state index contributed by atoms with van der Waals surface area (Å²) in [7, 11) is 0. The molecule has 100 valence electrons. The first-order valence-electron chi connectivity index (χ1n) is 7.41. The van der Waals surface area contributed by atoms with Gasteiger partial charge in [-0.15, -0.1) is 6.58 Å². The van der Waals surface area contributed by atoms with Crippen LogP contribution in [0, 0.1) is 29.1 Å². The molecule has 0 radical (unpaired) electrons. The molecule has 0 aromatic rings. The summed E-state index contributed by atoms with van der Waals surface area (Å²) in [6.07, 6.45) is 5.40. The van der Waals surface area contributed by atoms with Crippen molar-refractivity contribution in [2.75, 3.05) is 0 Å². The second-order valence-corrected chi connectivity index (χ2v) is 7.23. The zero-order valence-electron chi connectivity index (χ0n) is 12.8. The standard InChI is InChI=1S/C17H32/c1-12(2)10-14(4)11-13(3)8-9-17(7)15(5)16(17)6/h13-16H,1,8-11H2,2-7H3. The van der Waals surface area contributed by atoms with Gasteiger partial charge in [0, 0.05) is 0 Å². The number of allylic oxidation sites excluding steroid dienone is 1. The van der Waals surface area contributed by atoms with E-state index in [0.29, 0.717) is 5.41 Å². The second kappa shape index (κ2) is 5.59. The predicted molar refractivity (Wildman–Crippen MR) is 78.0 cm³/mol. The normalized spacial score (nSPS) is 35.4. The van der Waals surface area contributed by atoms with Gasteiger partial charge in [-0.1, -0.05) is 46.6 Å². The Morgan fingerprint density at radius 1 is 1.18 bits per heavy atom. The molecule has 0 heteroatoms. The van der Waals surface area contributed by atoms with E-state index >= 15 is 0 Å². The molecule has 0 nitrogen and oxygen atoms in total. The minimum Gasteiger partial charge on any atom is -0.100 e. The van der Waals surface area contributed by atoms with Gasteiger partial charge >= 0.3 is 0 Å². The van der Waals surface area contributed by atoms with Crippen molar-refractivity contribution < 1.29 is 0 Å². The first kappa shape index (κ1) is 14.8. The van der Waals surface area contributed by atoms with Crippen LogP contribution in [0.5, 0.6) is 0 Å². The fourth-order valence-electron chi connectivity index (χ4n) is 3.57. The van der Waals surface area contributed by atoms with Crippen LogP contribution in [-0.4, -0.2) is 0 Å². The van der Waals surface area contributed by atoms with E-state index in [1.165, 1.54) is 31.3 Å². The topological polar surface area (TPSA) is 0 Å². The molecule has 0 N–H and O–H groups in total. The minimum atomic E-state index is 0.659. The van der Waals surface area contributed by atoms with Crippen LogP contribution >= 0.6 is 0 Å². The molecule has 1 rings (SSSR count). The Balaban J connectivity index is 2.22. The van der Waals surface area contributed by atoms with Crippen LogP contribution < -0.4 is 0 Å². The third kappa shape index (κ3) is 3.86. The smallest absolute Gasteiger partial charge is 0.0269 e. The highest BCUT2D eigenvalue weighted by Crippen LogP contribution is 2.61. The summed E-state index contributed by atoms with van der Waals surface area (Å²) in [5.41, 5.74) is 1.99. The van der Waals surface area contributed by atoms with Gasteiger partial charge in [-0.05, 0) is 55.3 Å².